The maximum atomic E-state index is 12.4. The Kier molecular flexibility index (Phi) is 7.30. The van der Waals surface area contributed by atoms with Gasteiger partial charge in [0.1, 0.15) is 5.00 Å². The van der Waals surface area contributed by atoms with E-state index in [4.69, 9.17) is 17.0 Å². The van der Waals surface area contributed by atoms with E-state index in [2.05, 4.69) is 55.7 Å². The molecule has 0 spiro atoms. The van der Waals surface area contributed by atoms with Crippen molar-refractivity contribution < 1.29 is 9.53 Å². The van der Waals surface area contributed by atoms with Gasteiger partial charge in [-0.3, -0.25) is 0 Å². The molecule has 6 heteroatoms. The van der Waals surface area contributed by atoms with Crippen LogP contribution in [0.5, 0.6) is 0 Å². The van der Waals surface area contributed by atoms with E-state index in [1.165, 1.54) is 23.1 Å². The molecule has 0 saturated heterocycles. The third-order valence-corrected chi connectivity index (χ3v) is 6.88. The number of methoxy groups -OCH3 is 1. The Labute approximate surface area is 183 Å². The lowest BCUT2D eigenvalue weighted by Gasteiger charge is -2.18. The fourth-order valence-electron chi connectivity index (χ4n) is 3.84. The summed E-state index contributed by atoms with van der Waals surface area (Å²) in [6, 6.07) is 8.73. The molecule has 1 heterocycles. The molecule has 0 aliphatic heterocycles. The summed E-state index contributed by atoms with van der Waals surface area (Å²) < 4.78 is 5.06. The number of ether oxygens (including phenoxy) is 1. The summed E-state index contributed by atoms with van der Waals surface area (Å²) in [6.07, 6.45) is 5.26. The van der Waals surface area contributed by atoms with Crippen molar-refractivity contribution in [3.63, 3.8) is 0 Å². The van der Waals surface area contributed by atoms with Gasteiger partial charge in [-0.15, -0.1) is 11.3 Å². The molecule has 0 radical (unpaired) electrons. The van der Waals surface area contributed by atoms with Gasteiger partial charge in [0, 0.05) is 4.88 Å². The number of anilines is 1. The molecule has 156 valence electrons. The van der Waals surface area contributed by atoms with Gasteiger partial charge >= 0.3 is 5.97 Å². The molecule has 0 fully saturated rings. The van der Waals surface area contributed by atoms with Crippen LogP contribution in [0.3, 0.4) is 0 Å². The van der Waals surface area contributed by atoms with Gasteiger partial charge in [0.2, 0.25) is 0 Å². The number of hydrogen-bond donors (Lipinski definition) is 2. The Morgan fingerprint density at radius 2 is 2.07 bits per heavy atom. The molecule has 0 saturated carbocycles. The number of carbonyl (C=O) groups excluding carboxylic acids is 1. The van der Waals surface area contributed by atoms with Crippen molar-refractivity contribution in [2.24, 2.45) is 5.92 Å². The molecule has 0 amide bonds. The average molecular weight is 431 g/mol. The maximum Gasteiger partial charge on any atom is 0.341 e. The summed E-state index contributed by atoms with van der Waals surface area (Å²) in [4.78, 5) is 13.7. The van der Waals surface area contributed by atoms with Gasteiger partial charge in [0.25, 0.3) is 0 Å². The van der Waals surface area contributed by atoms with Gasteiger partial charge in [0.05, 0.1) is 18.7 Å². The van der Waals surface area contributed by atoms with Crippen molar-refractivity contribution >= 4 is 39.6 Å². The predicted molar refractivity (Wildman–Crippen MR) is 125 cm³/mol. The first-order valence-electron chi connectivity index (χ1n) is 10.3. The molecule has 4 nitrogen and oxygen atoms in total. The minimum Gasteiger partial charge on any atom is -0.465 e. The van der Waals surface area contributed by atoms with Crippen LogP contribution in [0.25, 0.3) is 0 Å². The fraction of sp³-hybridized carbons (Fsp3) is 0.478. The zero-order valence-corrected chi connectivity index (χ0v) is 19.3. The predicted octanol–water partition coefficient (Wildman–Crippen LogP) is 5.66. The molecule has 1 aliphatic carbocycles. The van der Waals surface area contributed by atoms with Crippen LogP contribution in [-0.4, -0.2) is 18.2 Å². The topological polar surface area (TPSA) is 50.4 Å². The van der Waals surface area contributed by atoms with Crippen LogP contribution in [-0.2, 0) is 24.0 Å². The van der Waals surface area contributed by atoms with Crippen LogP contribution >= 0.6 is 23.6 Å². The van der Waals surface area contributed by atoms with Gasteiger partial charge in [-0.25, -0.2) is 4.79 Å². The minimum atomic E-state index is -0.290. The lowest BCUT2D eigenvalue weighted by atomic mass is 9.88. The first-order chi connectivity index (χ1) is 13.9. The molecule has 0 bridgehead atoms. The molecule has 2 atom stereocenters. The molecule has 1 aliphatic rings. The Morgan fingerprint density at radius 1 is 1.34 bits per heavy atom. The Hall–Kier alpha value is -1.92. The second-order valence-electron chi connectivity index (χ2n) is 7.86. The Balaban J connectivity index is 1.72. The fourth-order valence-corrected chi connectivity index (χ4v) is 5.58. The first kappa shape index (κ1) is 21.8. The zero-order valence-electron chi connectivity index (χ0n) is 17.6. The molecule has 29 heavy (non-hydrogen) atoms. The van der Waals surface area contributed by atoms with Gasteiger partial charge in [-0.2, -0.15) is 0 Å². The Morgan fingerprint density at radius 3 is 2.72 bits per heavy atom. The first-order valence-corrected chi connectivity index (χ1v) is 11.5. The van der Waals surface area contributed by atoms with E-state index >= 15 is 0 Å². The monoisotopic (exact) mass is 430 g/mol. The van der Waals surface area contributed by atoms with E-state index < -0.39 is 0 Å². The van der Waals surface area contributed by atoms with E-state index in [0.29, 0.717) is 16.6 Å². The number of fused-ring (bicyclic) bond motifs is 1. The van der Waals surface area contributed by atoms with Crippen LogP contribution in [0.1, 0.15) is 71.6 Å². The third kappa shape index (κ3) is 5.17. The van der Waals surface area contributed by atoms with E-state index in [-0.39, 0.29) is 12.0 Å². The number of esters is 1. The highest BCUT2D eigenvalue weighted by Crippen LogP contribution is 2.40. The van der Waals surface area contributed by atoms with Crippen molar-refractivity contribution in [3.05, 3.63) is 51.4 Å². The largest absolute Gasteiger partial charge is 0.465 e. The van der Waals surface area contributed by atoms with E-state index in [9.17, 15) is 4.79 Å². The minimum absolute atomic E-state index is 0.0712. The van der Waals surface area contributed by atoms with Gasteiger partial charge in [0.15, 0.2) is 5.11 Å². The zero-order chi connectivity index (χ0) is 21.0. The molecule has 1 aromatic carbocycles. The summed E-state index contributed by atoms with van der Waals surface area (Å²) in [5, 5.41) is 7.92. The molecular formula is C23H30N2O2S2. The lowest BCUT2D eigenvalue weighted by molar-refractivity contribution is 0.0601. The van der Waals surface area contributed by atoms with Gasteiger partial charge in [-0.05, 0) is 67.4 Å². The summed E-state index contributed by atoms with van der Waals surface area (Å²) in [6.45, 7) is 6.53. The molecule has 3 rings (SSSR count). The summed E-state index contributed by atoms with van der Waals surface area (Å²) in [5.74, 6) is 0.349. The van der Waals surface area contributed by atoms with E-state index in [1.807, 2.05) is 0 Å². The molecule has 2 N–H and O–H groups in total. The highest BCUT2D eigenvalue weighted by atomic mass is 32.1. The normalized spacial score (nSPS) is 16.6. The molecule has 2 aromatic rings. The maximum absolute atomic E-state index is 12.4. The van der Waals surface area contributed by atoms with Crippen LogP contribution in [0.15, 0.2) is 24.3 Å². The average Bonchev–Trinajstić information content (AvgIpc) is 3.04. The number of nitrogens with one attached hydrogen (secondary N) is 2. The second kappa shape index (κ2) is 9.72. The SMILES string of the molecule is CCCc1ccc(C(C)NC(=S)Nc2sc3c(c2C(=O)OC)CCC(C)C3)cc1. The number of carbonyl (C=O) groups is 1. The highest BCUT2D eigenvalue weighted by molar-refractivity contribution is 7.80. The second-order valence-corrected chi connectivity index (χ2v) is 9.37. The van der Waals surface area contributed by atoms with Crippen LogP contribution < -0.4 is 10.6 Å². The molecule has 2 unspecified atom stereocenters. The van der Waals surface area contributed by atoms with E-state index in [0.717, 1.165) is 42.7 Å². The molecular weight excluding hydrogens is 400 g/mol. The van der Waals surface area contributed by atoms with Crippen molar-refractivity contribution in [1.29, 1.82) is 0 Å². The van der Waals surface area contributed by atoms with Crippen molar-refractivity contribution in [2.45, 2.75) is 58.9 Å². The number of aryl methyl sites for hydroxylation is 1. The molecule has 1 aromatic heterocycles. The number of hydrogen-bond acceptors (Lipinski definition) is 4. The van der Waals surface area contributed by atoms with Crippen LogP contribution in [0.4, 0.5) is 5.00 Å². The van der Waals surface area contributed by atoms with Crippen molar-refractivity contribution in [1.82, 2.24) is 5.32 Å². The number of thiophene rings is 1. The Bertz CT molecular complexity index is 874. The lowest BCUT2D eigenvalue weighted by Crippen LogP contribution is -2.31. The third-order valence-electron chi connectivity index (χ3n) is 5.49. The standard InChI is InChI=1S/C23H30N2O2S2/c1-5-6-16-8-10-17(11-9-16)15(3)24-23(28)25-21-20(22(26)27-4)18-12-7-14(2)13-19(18)29-21/h8-11,14-15H,5-7,12-13H2,1-4H3,(H2,24,25,28). The van der Waals surface area contributed by atoms with Gasteiger partial charge in [-0.1, -0.05) is 44.5 Å². The van der Waals surface area contributed by atoms with Gasteiger partial charge < -0.3 is 15.4 Å². The quantitative estimate of drug-likeness (QED) is 0.457. The summed E-state index contributed by atoms with van der Waals surface area (Å²) >= 11 is 7.19. The number of thiocarbonyl (C=S) groups is 1. The number of rotatable bonds is 6. The van der Waals surface area contributed by atoms with Crippen LogP contribution in [0, 0.1) is 5.92 Å². The smallest absolute Gasteiger partial charge is 0.341 e. The van der Waals surface area contributed by atoms with E-state index in [1.54, 1.807) is 11.3 Å². The summed E-state index contributed by atoms with van der Waals surface area (Å²) in [5.41, 5.74) is 4.32. The van der Waals surface area contributed by atoms with Crippen LogP contribution in [0.2, 0.25) is 0 Å². The summed E-state index contributed by atoms with van der Waals surface area (Å²) in [7, 11) is 1.43. The van der Waals surface area contributed by atoms with Crippen molar-refractivity contribution in [3.8, 4) is 0 Å². The highest BCUT2D eigenvalue weighted by Gasteiger charge is 2.28. The van der Waals surface area contributed by atoms with Crippen molar-refractivity contribution in [2.75, 3.05) is 12.4 Å². The number of benzene rings is 1.